The number of nitrogens with zero attached hydrogens (tertiary/aromatic N) is 1. The van der Waals surface area contributed by atoms with Crippen LogP contribution in [-0.4, -0.2) is 36.9 Å². The van der Waals surface area contributed by atoms with E-state index in [0.717, 1.165) is 18.5 Å². The van der Waals surface area contributed by atoms with E-state index in [1.165, 1.54) is 11.3 Å². The quantitative estimate of drug-likeness (QED) is 0.877. The summed E-state index contributed by atoms with van der Waals surface area (Å²) in [7, 11) is 1.55. The number of carbonyl (C=O) groups is 2. The minimum atomic E-state index is -0.243. The maximum absolute atomic E-state index is 12.6. The molecule has 6 heteroatoms. The van der Waals surface area contributed by atoms with Crippen LogP contribution < -0.4 is 10.1 Å². The van der Waals surface area contributed by atoms with Crippen molar-refractivity contribution < 1.29 is 14.3 Å². The lowest BCUT2D eigenvalue weighted by atomic mass is 10.1. The number of nitrogens with one attached hydrogen (secondary N) is 1. The zero-order valence-electron chi connectivity index (χ0n) is 13.5. The minimum absolute atomic E-state index is 0.152. The highest BCUT2D eigenvalue weighted by atomic mass is 32.1. The van der Waals surface area contributed by atoms with Crippen LogP contribution in [0.1, 0.15) is 34.1 Å². The van der Waals surface area contributed by atoms with E-state index in [4.69, 9.17) is 4.74 Å². The topological polar surface area (TPSA) is 58.6 Å². The average molecular weight is 344 g/mol. The Morgan fingerprint density at radius 1 is 1.33 bits per heavy atom. The first-order valence-corrected chi connectivity index (χ1v) is 8.82. The summed E-state index contributed by atoms with van der Waals surface area (Å²) < 4.78 is 5.23. The zero-order valence-corrected chi connectivity index (χ0v) is 14.3. The summed E-state index contributed by atoms with van der Waals surface area (Å²) in [6.45, 7) is 1.24. The normalized spacial score (nSPS) is 15.4. The van der Waals surface area contributed by atoms with Crippen molar-refractivity contribution in [2.24, 2.45) is 0 Å². The third-order valence-corrected chi connectivity index (χ3v) is 5.03. The Hall–Kier alpha value is -2.34. The fraction of sp³-hybridized carbons (Fsp3) is 0.333. The summed E-state index contributed by atoms with van der Waals surface area (Å²) in [5, 5.41) is 4.88. The van der Waals surface area contributed by atoms with E-state index in [1.54, 1.807) is 13.2 Å². The molecule has 2 amide bonds. The van der Waals surface area contributed by atoms with Gasteiger partial charge in [0.05, 0.1) is 13.2 Å². The van der Waals surface area contributed by atoms with Crippen molar-refractivity contribution in [2.45, 2.75) is 18.9 Å². The highest BCUT2D eigenvalue weighted by molar-refractivity contribution is 7.12. The zero-order chi connectivity index (χ0) is 16.9. The van der Waals surface area contributed by atoms with Crippen molar-refractivity contribution in [3.8, 4) is 5.75 Å². The number of amides is 2. The molecule has 1 N–H and O–H groups in total. The Kier molecular flexibility index (Phi) is 5.15. The molecular weight excluding hydrogens is 324 g/mol. The van der Waals surface area contributed by atoms with Gasteiger partial charge in [0, 0.05) is 19.5 Å². The predicted molar refractivity (Wildman–Crippen MR) is 93.3 cm³/mol. The van der Waals surface area contributed by atoms with Crippen LogP contribution in [-0.2, 0) is 4.79 Å². The van der Waals surface area contributed by atoms with Gasteiger partial charge in [0.2, 0.25) is 5.91 Å². The molecule has 0 spiro atoms. The van der Waals surface area contributed by atoms with Crippen molar-refractivity contribution in [3.05, 3.63) is 52.2 Å². The van der Waals surface area contributed by atoms with Crippen LogP contribution in [0.4, 0.5) is 0 Å². The standard InChI is InChI=1S/C18H20N2O3S/c1-23-15-9-11-24-17(15)18(22)19-14(13-6-3-2-4-7-13)12-20-10-5-8-16(20)21/h2-4,6-7,9,11,14H,5,8,10,12H2,1H3,(H,19,22)/t14-/m1/s1. The second kappa shape index (κ2) is 7.49. The molecule has 0 radical (unpaired) electrons. The maximum atomic E-state index is 12.6. The maximum Gasteiger partial charge on any atom is 0.265 e. The van der Waals surface area contributed by atoms with Gasteiger partial charge in [-0.1, -0.05) is 30.3 Å². The van der Waals surface area contributed by atoms with Gasteiger partial charge in [-0.15, -0.1) is 11.3 Å². The molecular formula is C18H20N2O3S. The second-order valence-electron chi connectivity index (χ2n) is 5.70. The Morgan fingerprint density at radius 2 is 2.12 bits per heavy atom. The van der Waals surface area contributed by atoms with Crippen molar-refractivity contribution in [1.82, 2.24) is 10.2 Å². The lowest BCUT2D eigenvalue weighted by Crippen LogP contribution is -2.38. The van der Waals surface area contributed by atoms with Crippen molar-refractivity contribution in [2.75, 3.05) is 20.2 Å². The molecule has 5 nitrogen and oxygen atoms in total. The first-order chi connectivity index (χ1) is 11.7. The van der Waals surface area contributed by atoms with E-state index in [2.05, 4.69) is 5.32 Å². The Balaban J connectivity index is 1.79. The third kappa shape index (κ3) is 3.59. The molecule has 1 atom stereocenters. The molecule has 0 saturated carbocycles. The van der Waals surface area contributed by atoms with Gasteiger partial charge in [0.15, 0.2) is 0 Å². The van der Waals surface area contributed by atoms with Gasteiger partial charge in [-0.25, -0.2) is 0 Å². The molecule has 1 fully saturated rings. The van der Waals surface area contributed by atoms with E-state index in [0.29, 0.717) is 23.6 Å². The van der Waals surface area contributed by atoms with E-state index in [-0.39, 0.29) is 17.9 Å². The van der Waals surface area contributed by atoms with Gasteiger partial charge >= 0.3 is 0 Å². The SMILES string of the molecule is COc1ccsc1C(=O)N[C@H](CN1CCCC1=O)c1ccccc1. The van der Waals surface area contributed by atoms with E-state index in [1.807, 2.05) is 40.6 Å². The predicted octanol–water partition coefficient (Wildman–Crippen LogP) is 2.85. The first kappa shape index (κ1) is 16.5. The van der Waals surface area contributed by atoms with Gasteiger partial charge in [-0.05, 0) is 23.4 Å². The fourth-order valence-electron chi connectivity index (χ4n) is 2.88. The molecule has 2 heterocycles. The van der Waals surface area contributed by atoms with E-state index < -0.39 is 0 Å². The molecule has 2 aromatic rings. The van der Waals surface area contributed by atoms with Gasteiger partial charge in [0.1, 0.15) is 10.6 Å². The van der Waals surface area contributed by atoms with Gasteiger partial charge in [-0.2, -0.15) is 0 Å². The second-order valence-corrected chi connectivity index (χ2v) is 6.61. The molecule has 0 bridgehead atoms. The monoisotopic (exact) mass is 344 g/mol. The van der Waals surface area contributed by atoms with Gasteiger partial charge in [0.25, 0.3) is 5.91 Å². The number of hydrogen-bond donors (Lipinski definition) is 1. The average Bonchev–Trinajstić information content (AvgIpc) is 3.24. The molecule has 126 valence electrons. The van der Waals surface area contributed by atoms with Crippen LogP contribution in [0.2, 0.25) is 0 Å². The summed E-state index contributed by atoms with van der Waals surface area (Å²) in [5.41, 5.74) is 0.987. The molecule has 1 saturated heterocycles. The number of hydrogen-bond acceptors (Lipinski definition) is 4. The first-order valence-electron chi connectivity index (χ1n) is 7.94. The molecule has 0 aliphatic carbocycles. The van der Waals surface area contributed by atoms with Crippen LogP contribution in [0.15, 0.2) is 41.8 Å². The van der Waals surface area contributed by atoms with Crippen LogP contribution >= 0.6 is 11.3 Å². The number of methoxy groups -OCH3 is 1. The number of benzene rings is 1. The Morgan fingerprint density at radius 3 is 2.79 bits per heavy atom. The van der Waals surface area contributed by atoms with Crippen molar-refractivity contribution in [3.63, 3.8) is 0 Å². The third-order valence-electron chi connectivity index (χ3n) is 4.14. The highest BCUT2D eigenvalue weighted by Gasteiger charge is 2.26. The lowest BCUT2D eigenvalue weighted by molar-refractivity contribution is -0.128. The molecule has 1 aliphatic heterocycles. The summed E-state index contributed by atoms with van der Waals surface area (Å²) in [6.07, 6.45) is 1.47. The fourth-order valence-corrected chi connectivity index (χ4v) is 3.65. The largest absolute Gasteiger partial charge is 0.495 e. The van der Waals surface area contributed by atoms with Gasteiger partial charge < -0.3 is 15.0 Å². The summed E-state index contributed by atoms with van der Waals surface area (Å²) in [5.74, 6) is 0.544. The smallest absolute Gasteiger partial charge is 0.265 e. The van der Waals surface area contributed by atoms with Gasteiger partial charge in [-0.3, -0.25) is 9.59 Å². The van der Waals surface area contributed by atoms with Crippen molar-refractivity contribution in [1.29, 1.82) is 0 Å². The lowest BCUT2D eigenvalue weighted by Gasteiger charge is -2.25. The summed E-state index contributed by atoms with van der Waals surface area (Å²) in [4.78, 5) is 27.0. The van der Waals surface area contributed by atoms with E-state index >= 15 is 0 Å². The van der Waals surface area contributed by atoms with Crippen molar-refractivity contribution >= 4 is 23.2 Å². The van der Waals surface area contributed by atoms with Crippen LogP contribution in [0.5, 0.6) is 5.75 Å². The molecule has 3 rings (SSSR count). The number of likely N-dealkylation sites (tertiary alicyclic amines) is 1. The number of rotatable bonds is 6. The molecule has 24 heavy (non-hydrogen) atoms. The highest BCUT2D eigenvalue weighted by Crippen LogP contribution is 2.26. The summed E-state index contributed by atoms with van der Waals surface area (Å²) in [6, 6.07) is 11.3. The Labute approximate surface area is 145 Å². The van der Waals surface area contributed by atoms with Crippen LogP contribution in [0.3, 0.4) is 0 Å². The minimum Gasteiger partial charge on any atom is -0.495 e. The molecule has 0 unspecified atom stereocenters. The number of thiophene rings is 1. The van der Waals surface area contributed by atoms with Crippen LogP contribution in [0, 0.1) is 0 Å². The van der Waals surface area contributed by atoms with Crippen LogP contribution in [0.25, 0.3) is 0 Å². The summed E-state index contributed by atoms with van der Waals surface area (Å²) >= 11 is 1.35. The molecule has 1 aromatic heterocycles. The van der Waals surface area contributed by atoms with E-state index in [9.17, 15) is 9.59 Å². The number of carbonyl (C=O) groups excluding carboxylic acids is 2. The Bertz CT molecular complexity index is 714. The molecule has 1 aromatic carbocycles. The number of ether oxygens (including phenoxy) is 1. The molecule has 1 aliphatic rings.